The first-order chi connectivity index (χ1) is 7.12. The molecule has 2 unspecified atom stereocenters. The normalized spacial score (nSPS) is 31.0. The fourth-order valence-corrected chi connectivity index (χ4v) is 2.13. The van der Waals surface area contributed by atoms with E-state index >= 15 is 0 Å². The highest BCUT2D eigenvalue weighted by atomic mass is 16.5. The lowest BCUT2D eigenvalue weighted by atomic mass is 9.87. The Labute approximate surface area is 90.4 Å². The maximum atomic E-state index is 6.31. The van der Waals surface area contributed by atoms with Crippen LogP contribution in [0.25, 0.3) is 0 Å². The summed E-state index contributed by atoms with van der Waals surface area (Å²) in [6.45, 7) is 2.86. The molecule has 0 aliphatic carbocycles. The molecule has 84 valence electrons. The molecule has 0 amide bonds. The molecule has 1 aliphatic heterocycles. The SMILES string of the molecule is CC1OCCC1(N)CCc1ccnn1C. The molecule has 0 bridgehead atoms. The second-order valence-electron chi connectivity index (χ2n) is 4.44. The molecule has 4 nitrogen and oxygen atoms in total. The average molecular weight is 209 g/mol. The third-order valence-electron chi connectivity index (χ3n) is 3.51. The van der Waals surface area contributed by atoms with E-state index in [-0.39, 0.29) is 11.6 Å². The maximum Gasteiger partial charge on any atom is 0.0727 e. The van der Waals surface area contributed by atoms with Crippen LogP contribution >= 0.6 is 0 Å². The van der Waals surface area contributed by atoms with Gasteiger partial charge in [-0.2, -0.15) is 5.10 Å². The first kappa shape index (κ1) is 10.6. The Morgan fingerprint density at radius 3 is 3.07 bits per heavy atom. The largest absolute Gasteiger partial charge is 0.377 e. The quantitative estimate of drug-likeness (QED) is 0.803. The Bertz CT molecular complexity index is 336. The smallest absolute Gasteiger partial charge is 0.0727 e. The Balaban J connectivity index is 1.96. The number of ether oxygens (including phenoxy) is 1. The molecule has 0 aromatic carbocycles. The van der Waals surface area contributed by atoms with Gasteiger partial charge in [-0.1, -0.05) is 0 Å². The fraction of sp³-hybridized carbons (Fsp3) is 0.727. The number of aromatic nitrogens is 2. The number of aryl methyl sites for hydroxylation is 2. The van der Waals surface area contributed by atoms with Crippen molar-refractivity contribution in [1.29, 1.82) is 0 Å². The molecule has 2 rings (SSSR count). The zero-order valence-corrected chi connectivity index (χ0v) is 9.44. The molecule has 2 atom stereocenters. The van der Waals surface area contributed by atoms with Crippen LogP contribution in [-0.4, -0.2) is 28.0 Å². The van der Waals surface area contributed by atoms with E-state index in [2.05, 4.69) is 12.0 Å². The van der Waals surface area contributed by atoms with Crippen LogP contribution in [0, 0.1) is 0 Å². The lowest BCUT2D eigenvalue weighted by Gasteiger charge is -2.27. The van der Waals surface area contributed by atoms with Crippen molar-refractivity contribution in [3.63, 3.8) is 0 Å². The second-order valence-corrected chi connectivity index (χ2v) is 4.44. The highest BCUT2D eigenvalue weighted by Gasteiger charge is 2.37. The van der Waals surface area contributed by atoms with Crippen molar-refractivity contribution in [2.75, 3.05) is 6.61 Å². The van der Waals surface area contributed by atoms with Crippen molar-refractivity contribution in [1.82, 2.24) is 9.78 Å². The summed E-state index contributed by atoms with van der Waals surface area (Å²) in [6.07, 6.45) is 4.90. The Morgan fingerprint density at radius 1 is 1.73 bits per heavy atom. The summed E-state index contributed by atoms with van der Waals surface area (Å²) in [6, 6.07) is 2.05. The summed E-state index contributed by atoms with van der Waals surface area (Å²) >= 11 is 0. The van der Waals surface area contributed by atoms with Gasteiger partial charge in [-0.3, -0.25) is 4.68 Å². The van der Waals surface area contributed by atoms with Crippen LogP contribution in [0.1, 0.15) is 25.5 Å². The summed E-state index contributed by atoms with van der Waals surface area (Å²) in [5.74, 6) is 0. The van der Waals surface area contributed by atoms with Gasteiger partial charge in [0.15, 0.2) is 0 Å². The monoisotopic (exact) mass is 209 g/mol. The third kappa shape index (κ3) is 2.06. The van der Waals surface area contributed by atoms with Crippen molar-refractivity contribution in [2.45, 2.75) is 37.8 Å². The van der Waals surface area contributed by atoms with Crippen LogP contribution < -0.4 is 5.73 Å². The van der Waals surface area contributed by atoms with Crippen molar-refractivity contribution in [3.05, 3.63) is 18.0 Å². The Hall–Kier alpha value is -0.870. The molecular weight excluding hydrogens is 190 g/mol. The summed E-state index contributed by atoms with van der Waals surface area (Å²) < 4.78 is 7.43. The molecule has 1 aromatic heterocycles. The molecule has 1 fully saturated rings. The minimum atomic E-state index is -0.149. The summed E-state index contributed by atoms with van der Waals surface area (Å²) in [7, 11) is 1.97. The number of hydrogen-bond donors (Lipinski definition) is 1. The van der Waals surface area contributed by atoms with Crippen LogP contribution in [0.15, 0.2) is 12.3 Å². The maximum absolute atomic E-state index is 6.31. The molecule has 2 N–H and O–H groups in total. The van der Waals surface area contributed by atoms with Crippen molar-refractivity contribution < 1.29 is 4.74 Å². The first-order valence-electron chi connectivity index (χ1n) is 5.49. The number of nitrogens with zero attached hydrogens (tertiary/aromatic N) is 2. The Morgan fingerprint density at radius 2 is 2.53 bits per heavy atom. The molecule has 4 heteroatoms. The van der Waals surface area contributed by atoms with E-state index in [9.17, 15) is 0 Å². The van der Waals surface area contributed by atoms with Gasteiger partial charge in [0.25, 0.3) is 0 Å². The van der Waals surface area contributed by atoms with E-state index in [1.54, 1.807) is 0 Å². The lowest BCUT2D eigenvalue weighted by Crippen LogP contribution is -2.46. The van der Waals surface area contributed by atoms with Gasteiger partial charge in [0, 0.05) is 31.1 Å². The highest BCUT2D eigenvalue weighted by molar-refractivity contribution is 5.04. The van der Waals surface area contributed by atoms with Gasteiger partial charge in [0.1, 0.15) is 0 Å². The Kier molecular flexibility index (Phi) is 2.80. The van der Waals surface area contributed by atoms with Crippen molar-refractivity contribution in [3.8, 4) is 0 Å². The molecule has 0 spiro atoms. The second kappa shape index (κ2) is 3.94. The predicted molar refractivity (Wildman–Crippen MR) is 58.5 cm³/mol. The van der Waals surface area contributed by atoms with E-state index < -0.39 is 0 Å². The van der Waals surface area contributed by atoms with Crippen LogP contribution in [0.3, 0.4) is 0 Å². The molecule has 2 heterocycles. The standard InChI is InChI=1S/C11H19N3O/c1-9-11(12,6-8-15-9)5-3-10-4-7-13-14(10)2/h4,7,9H,3,5-6,8,12H2,1-2H3. The van der Waals surface area contributed by atoms with E-state index in [1.807, 2.05) is 24.0 Å². The molecule has 1 saturated heterocycles. The minimum absolute atomic E-state index is 0.149. The summed E-state index contributed by atoms with van der Waals surface area (Å²) in [4.78, 5) is 0. The first-order valence-corrected chi connectivity index (χ1v) is 5.49. The fourth-order valence-electron chi connectivity index (χ4n) is 2.13. The van der Waals surface area contributed by atoms with Gasteiger partial charge in [0.2, 0.25) is 0 Å². The number of rotatable bonds is 3. The number of nitrogens with two attached hydrogens (primary N) is 1. The predicted octanol–water partition coefficient (Wildman–Crippen LogP) is 0.859. The molecule has 1 aliphatic rings. The van der Waals surface area contributed by atoms with Gasteiger partial charge in [-0.15, -0.1) is 0 Å². The summed E-state index contributed by atoms with van der Waals surface area (Å²) in [5.41, 5.74) is 7.40. The molecule has 0 radical (unpaired) electrons. The van der Waals surface area contributed by atoms with Crippen LogP contribution in [0.4, 0.5) is 0 Å². The van der Waals surface area contributed by atoms with E-state index in [1.165, 1.54) is 5.69 Å². The topological polar surface area (TPSA) is 53.1 Å². The van der Waals surface area contributed by atoms with Gasteiger partial charge in [-0.25, -0.2) is 0 Å². The van der Waals surface area contributed by atoms with Gasteiger partial charge >= 0.3 is 0 Å². The molecular formula is C11H19N3O. The molecule has 15 heavy (non-hydrogen) atoms. The van der Waals surface area contributed by atoms with Crippen LogP contribution in [0.2, 0.25) is 0 Å². The van der Waals surface area contributed by atoms with E-state index in [0.29, 0.717) is 0 Å². The summed E-state index contributed by atoms with van der Waals surface area (Å²) in [5, 5.41) is 4.15. The molecule has 1 aromatic rings. The van der Waals surface area contributed by atoms with Crippen molar-refractivity contribution in [2.24, 2.45) is 12.8 Å². The van der Waals surface area contributed by atoms with E-state index in [4.69, 9.17) is 10.5 Å². The number of hydrogen-bond acceptors (Lipinski definition) is 3. The van der Waals surface area contributed by atoms with Gasteiger partial charge in [-0.05, 0) is 32.3 Å². The van der Waals surface area contributed by atoms with Crippen LogP contribution in [0.5, 0.6) is 0 Å². The zero-order chi connectivity index (χ0) is 10.9. The lowest BCUT2D eigenvalue weighted by molar-refractivity contribution is 0.0929. The van der Waals surface area contributed by atoms with Crippen molar-refractivity contribution >= 4 is 0 Å². The van der Waals surface area contributed by atoms with E-state index in [0.717, 1.165) is 25.9 Å². The van der Waals surface area contributed by atoms with Gasteiger partial charge < -0.3 is 10.5 Å². The minimum Gasteiger partial charge on any atom is -0.377 e. The average Bonchev–Trinajstić information content (AvgIpc) is 2.73. The molecule has 0 saturated carbocycles. The third-order valence-corrected chi connectivity index (χ3v) is 3.51. The zero-order valence-electron chi connectivity index (χ0n) is 9.44. The van der Waals surface area contributed by atoms with Gasteiger partial charge in [0.05, 0.1) is 6.10 Å². The highest BCUT2D eigenvalue weighted by Crippen LogP contribution is 2.27. The van der Waals surface area contributed by atoms with Crippen LogP contribution in [-0.2, 0) is 18.2 Å².